The predicted octanol–water partition coefficient (Wildman–Crippen LogP) is 4.08. The van der Waals surface area contributed by atoms with Crippen LogP contribution in [0.5, 0.6) is 0 Å². The van der Waals surface area contributed by atoms with E-state index in [2.05, 4.69) is 9.80 Å². The highest BCUT2D eigenvalue weighted by Gasteiger charge is 2.20. The summed E-state index contributed by atoms with van der Waals surface area (Å²) < 4.78 is 5.03. The summed E-state index contributed by atoms with van der Waals surface area (Å²) in [6, 6.07) is 14.9. The molecule has 0 aromatic heterocycles. The number of benzene rings is 2. The van der Waals surface area contributed by atoms with Gasteiger partial charge in [0.25, 0.3) is 0 Å². The summed E-state index contributed by atoms with van der Waals surface area (Å²) in [6.45, 7) is 11.1. The van der Waals surface area contributed by atoms with E-state index in [4.69, 9.17) is 14.5 Å². The Balaban J connectivity index is 1.53. The fourth-order valence-corrected chi connectivity index (χ4v) is 3.26. The van der Waals surface area contributed by atoms with Gasteiger partial charge in [0.1, 0.15) is 5.60 Å². The molecule has 0 aliphatic carbocycles. The van der Waals surface area contributed by atoms with Crippen molar-refractivity contribution >= 4 is 23.3 Å². The van der Waals surface area contributed by atoms with E-state index in [1.165, 1.54) is 0 Å². The summed E-state index contributed by atoms with van der Waals surface area (Å²) in [7, 11) is 0. The van der Waals surface area contributed by atoms with Crippen molar-refractivity contribution in [3.05, 3.63) is 59.7 Å². The Morgan fingerprint density at radius 2 is 1.19 bits per heavy atom. The molecule has 0 spiro atoms. The SMILES string of the molecule is CCOC(=O)c1ccc(N2CCN(c3ccc(C(=O)OOC(C)(C)C)cc3)CC2)cc1. The van der Waals surface area contributed by atoms with Crippen LogP contribution in [0.4, 0.5) is 11.4 Å². The Morgan fingerprint density at radius 1 is 0.774 bits per heavy atom. The van der Waals surface area contributed by atoms with Crippen molar-refractivity contribution in [1.82, 2.24) is 0 Å². The van der Waals surface area contributed by atoms with Crippen LogP contribution < -0.4 is 9.80 Å². The van der Waals surface area contributed by atoms with Gasteiger partial charge in [-0.05, 0) is 76.2 Å². The zero-order valence-corrected chi connectivity index (χ0v) is 18.6. The third kappa shape index (κ3) is 6.21. The second-order valence-electron chi connectivity index (χ2n) is 8.35. The topological polar surface area (TPSA) is 68.3 Å². The zero-order valence-electron chi connectivity index (χ0n) is 18.6. The number of hydrogen-bond acceptors (Lipinski definition) is 7. The molecule has 31 heavy (non-hydrogen) atoms. The Morgan fingerprint density at radius 3 is 1.58 bits per heavy atom. The number of piperazine rings is 1. The molecule has 2 aromatic rings. The van der Waals surface area contributed by atoms with Crippen LogP contribution in [0.1, 0.15) is 48.4 Å². The molecule has 0 bridgehead atoms. The predicted molar refractivity (Wildman–Crippen MR) is 120 cm³/mol. The highest BCUT2D eigenvalue weighted by Crippen LogP contribution is 2.22. The van der Waals surface area contributed by atoms with E-state index in [0.29, 0.717) is 17.7 Å². The third-order valence-corrected chi connectivity index (χ3v) is 4.86. The minimum Gasteiger partial charge on any atom is -0.462 e. The maximum atomic E-state index is 12.1. The molecule has 166 valence electrons. The average Bonchev–Trinajstić information content (AvgIpc) is 2.77. The fraction of sp³-hybridized carbons (Fsp3) is 0.417. The third-order valence-electron chi connectivity index (χ3n) is 4.86. The van der Waals surface area contributed by atoms with E-state index < -0.39 is 11.6 Å². The first kappa shape index (κ1) is 22.6. The molecular formula is C24H30N2O5. The molecule has 0 atom stereocenters. The summed E-state index contributed by atoms with van der Waals surface area (Å²) in [6.07, 6.45) is 0. The lowest BCUT2D eigenvalue weighted by Gasteiger charge is -2.37. The number of nitrogens with zero attached hydrogens (tertiary/aromatic N) is 2. The van der Waals surface area contributed by atoms with Crippen LogP contribution in [0.2, 0.25) is 0 Å². The van der Waals surface area contributed by atoms with Gasteiger partial charge >= 0.3 is 11.9 Å². The first-order chi connectivity index (χ1) is 14.8. The van der Waals surface area contributed by atoms with Crippen LogP contribution in [-0.2, 0) is 14.5 Å². The number of anilines is 2. The zero-order chi connectivity index (χ0) is 22.4. The Kier molecular flexibility index (Phi) is 7.17. The minimum atomic E-state index is -0.547. The summed E-state index contributed by atoms with van der Waals surface area (Å²) in [5, 5.41) is 0. The standard InChI is InChI=1S/C24H30N2O5/c1-5-29-22(27)18-6-10-20(11-7-18)25-14-16-26(17-15-25)21-12-8-19(9-13-21)23(28)30-31-24(2,3)4/h6-13H,5,14-17H2,1-4H3. The Bertz CT molecular complexity index is 880. The van der Waals surface area contributed by atoms with Crippen molar-refractivity contribution in [2.24, 2.45) is 0 Å². The van der Waals surface area contributed by atoms with Crippen molar-refractivity contribution in [3.63, 3.8) is 0 Å². The molecule has 3 rings (SSSR count). The molecule has 0 unspecified atom stereocenters. The van der Waals surface area contributed by atoms with Gasteiger partial charge in [-0.3, -0.25) is 4.89 Å². The molecule has 1 saturated heterocycles. The normalized spacial score (nSPS) is 14.3. The number of ether oxygens (including phenoxy) is 1. The molecule has 1 fully saturated rings. The monoisotopic (exact) mass is 426 g/mol. The van der Waals surface area contributed by atoms with E-state index in [9.17, 15) is 9.59 Å². The molecule has 0 amide bonds. The highest BCUT2D eigenvalue weighted by molar-refractivity contribution is 5.90. The van der Waals surface area contributed by atoms with Gasteiger partial charge in [-0.15, -0.1) is 0 Å². The molecule has 0 N–H and O–H groups in total. The van der Waals surface area contributed by atoms with Crippen molar-refractivity contribution in [3.8, 4) is 0 Å². The molecular weight excluding hydrogens is 396 g/mol. The first-order valence-electron chi connectivity index (χ1n) is 10.5. The lowest BCUT2D eigenvalue weighted by Crippen LogP contribution is -2.46. The van der Waals surface area contributed by atoms with Gasteiger partial charge in [0, 0.05) is 37.6 Å². The molecule has 0 saturated carbocycles. The molecule has 7 heteroatoms. The molecule has 1 heterocycles. The molecule has 7 nitrogen and oxygen atoms in total. The maximum Gasteiger partial charge on any atom is 0.373 e. The second-order valence-corrected chi connectivity index (χ2v) is 8.35. The first-order valence-corrected chi connectivity index (χ1v) is 10.5. The van der Waals surface area contributed by atoms with Crippen molar-refractivity contribution < 1.29 is 24.1 Å². The molecule has 1 aliphatic heterocycles. The van der Waals surface area contributed by atoms with Gasteiger partial charge in [-0.1, -0.05) is 0 Å². The van der Waals surface area contributed by atoms with Crippen molar-refractivity contribution in [2.45, 2.75) is 33.3 Å². The van der Waals surface area contributed by atoms with Gasteiger partial charge < -0.3 is 14.5 Å². The van der Waals surface area contributed by atoms with E-state index in [1.807, 2.05) is 45.0 Å². The molecule has 2 aromatic carbocycles. The number of carbonyl (C=O) groups is 2. The quantitative estimate of drug-likeness (QED) is 0.392. The lowest BCUT2D eigenvalue weighted by atomic mass is 10.1. The van der Waals surface area contributed by atoms with Crippen LogP contribution in [0.15, 0.2) is 48.5 Å². The minimum absolute atomic E-state index is 0.295. The molecule has 0 radical (unpaired) electrons. The number of rotatable bonds is 6. The van der Waals surface area contributed by atoms with E-state index in [0.717, 1.165) is 37.6 Å². The van der Waals surface area contributed by atoms with Crippen LogP contribution in [0, 0.1) is 0 Å². The van der Waals surface area contributed by atoms with Gasteiger partial charge in [0.2, 0.25) is 0 Å². The number of esters is 1. The van der Waals surface area contributed by atoms with Gasteiger partial charge in [0.05, 0.1) is 17.7 Å². The van der Waals surface area contributed by atoms with Gasteiger partial charge in [-0.2, -0.15) is 4.89 Å². The second kappa shape index (κ2) is 9.83. The van der Waals surface area contributed by atoms with Gasteiger partial charge in [-0.25, -0.2) is 9.59 Å². The van der Waals surface area contributed by atoms with Crippen LogP contribution in [-0.4, -0.2) is 50.3 Å². The maximum absolute atomic E-state index is 12.1. The summed E-state index contributed by atoms with van der Waals surface area (Å²) in [5.41, 5.74) is 2.62. The smallest absolute Gasteiger partial charge is 0.373 e. The van der Waals surface area contributed by atoms with Crippen LogP contribution >= 0.6 is 0 Å². The van der Waals surface area contributed by atoms with Crippen molar-refractivity contribution in [1.29, 1.82) is 0 Å². The summed E-state index contributed by atoms with van der Waals surface area (Å²) in [4.78, 5) is 38.4. The largest absolute Gasteiger partial charge is 0.462 e. The Hall–Kier alpha value is -3.06. The molecule has 1 aliphatic rings. The Labute approximate surface area is 183 Å². The fourth-order valence-electron chi connectivity index (χ4n) is 3.26. The average molecular weight is 427 g/mol. The number of hydrogen-bond donors (Lipinski definition) is 0. The van der Waals surface area contributed by atoms with E-state index in [-0.39, 0.29) is 5.97 Å². The van der Waals surface area contributed by atoms with Crippen LogP contribution in [0.3, 0.4) is 0 Å². The van der Waals surface area contributed by atoms with Crippen LogP contribution in [0.25, 0.3) is 0 Å². The summed E-state index contributed by atoms with van der Waals surface area (Å²) >= 11 is 0. The summed E-state index contributed by atoms with van der Waals surface area (Å²) in [5.74, 6) is -0.797. The lowest BCUT2D eigenvalue weighted by molar-refractivity contribution is -0.301. The van der Waals surface area contributed by atoms with Gasteiger partial charge in [0.15, 0.2) is 0 Å². The van der Waals surface area contributed by atoms with Crippen molar-refractivity contribution in [2.75, 3.05) is 42.6 Å². The highest BCUT2D eigenvalue weighted by atomic mass is 17.2. The van der Waals surface area contributed by atoms with E-state index in [1.54, 1.807) is 31.2 Å². The number of carbonyl (C=O) groups excluding carboxylic acids is 2. The van der Waals surface area contributed by atoms with E-state index >= 15 is 0 Å².